The molecule has 1 aliphatic heterocycles. The lowest BCUT2D eigenvalue weighted by Crippen LogP contribution is -2.32. The van der Waals surface area contributed by atoms with Crippen LogP contribution in [-0.4, -0.2) is 16.8 Å². The second-order valence-electron chi connectivity index (χ2n) is 6.32. The lowest BCUT2D eigenvalue weighted by atomic mass is 9.78. The fourth-order valence-electron chi connectivity index (χ4n) is 2.79. The van der Waals surface area contributed by atoms with E-state index in [1.807, 2.05) is 19.9 Å². The van der Waals surface area contributed by atoms with E-state index >= 15 is 0 Å². The number of nitrogens with one attached hydrogen (secondary N) is 2. The average Bonchev–Trinajstić information content (AvgIpc) is 2.48. The van der Waals surface area contributed by atoms with Crippen LogP contribution in [0.5, 0.6) is 0 Å². The number of benzene rings is 1. The van der Waals surface area contributed by atoms with E-state index in [4.69, 9.17) is 11.6 Å². The first-order chi connectivity index (χ1) is 11.3. The third-order valence-electron chi connectivity index (χ3n) is 3.93. The van der Waals surface area contributed by atoms with Crippen molar-refractivity contribution in [3.8, 4) is 0 Å². The minimum atomic E-state index is -0.649. The number of anilines is 2. The van der Waals surface area contributed by atoms with Gasteiger partial charge >= 0.3 is 0 Å². The zero-order chi connectivity index (χ0) is 17.5. The number of carbonyl (C=O) groups excluding carboxylic acids is 2. The van der Waals surface area contributed by atoms with Crippen LogP contribution in [0.25, 0.3) is 0 Å². The highest BCUT2D eigenvalue weighted by molar-refractivity contribution is 6.33. The third kappa shape index (κ3) is 3.10. The first-order valence-electron chi connectivity index (χ1n) is 7.33. The van der Waals surface area contributed by atoms with Crippen LogP contribution < -0.4 is 10.6 Å². The summed E-state index contributed by atoms with van der Waals surface area (Å²) in [5, 5.41) is 5.36. The second-order valence-corrected chi connectivity index (χ2v) is 6.67. The Kier molecular flexibility index (Phi) is 4.01. The molecule has 1 aliphatic rings. The summed E-state index contributed by atoms with van der Waals surface area (Å²) in [6.07, 6.45) is 1.34. The molecule has 1 aromatic heterocycles. The van der Waals surface area contributed by atoms with Gasteiger partial charge in [-0.15, -0.1) is 0 Å². The van der Waals surface area contributed by atoms with E-state index in [-0.39, 0.29) is 22.0 Å². The lowest BCUT2D eigenvalue weighted by molar-refractivity contribution is -0.117. The van der Waals surface area contributed by atoms with Crippen molar-refractivity contribution in [2.24, 2.45) is 0 Å². The van der Waals surface area contributed by atoms with Gasteiger partial charge in [0, 0.05) is 23.2 Å². The summed E-state index contributed by atoms with van der Waals surface area (Å²) in [7, 11) is 0. The maximum atomic E-state index is 13.3. The number of amides is 2. The highest BCUT2D eigenvalue weighted by Gasteiger charge is 2.31. The molecule has 0 bridgehead atoms. The normalized spacial score (nSPS) is 15.4. The second kappa shape index (κ2) is 5.87. The summed E-state index contributed by atoms with van der Waals surface area (Å²) in [5.41, 5.74) is 1.77. The molecule has 0 spiro atoms. The SMILES string of the molecule is CC1(C)CC(=O)Nc2cc(NC(=O)c3cc(F)cnc3Cl)ccc21. The monoisotopic (exact) mass is 347 g/mol. The molecule has 2 amide bonds. The number of hydrogen-bond acceptors (Lipinski definition) is 3. The van der Waals surface area contributed by atoms with Gasteiger partial charge in [-0.05, 0) is 23.8 Å². The van der Waals surface area contributed by atoms with Gasteiger partial charge in [-0.2, -0.15) is 0 Å². The van der Waals surface area contributed by atoms with E-state index in [0.29, 0.717) is 17.8 Å². The summed E-state index contributed by atoms with van der Waals surface area (Å²) in [4.78, 5) is 27.7. The summed E-state index contributed by atoms with van der Waals surface area (Å²) < 4.78 is 13.3. The molecule has 1 aromatic carbocycles. The predicted molar refractivity (Wildman–Crippen MR) is 89.9 cm³/mol. The van der Waals surface area contributed by atoms with Crippen molar-refractivity contribution in [3.63, 3.8) is 0 Å². The molecule has 7 heteroatoms. The molecule has 2 aromatic rings. The zero-order valence-corrected chi connectivity index (χ0v) is 13.9. The average molecular weight is 348 g/mol. The fourth-order valence-corrected chi connectivity index (χ4v) is 2.98. The number of hydrogen-bond donors (Lipinski definition) is 2. The van der Waals surface area contributed by atoms with E-state index in [1.54, 1.807) is 12.1 Å². The van der Waals surface area contributed by atoms with E-state index in [9.17, 15) is 14.0 Å². The van der Waals surface area contributed by atoms with Crippen molar-refractivity contribution in [2.45, 2.75) is 25.7 Å². The number of nitrogens with zero attached hydrogens (tertiary/aromatic N) is 1. The molecule has 2 heterocycles. The topological polar surface area (TPSA) is 71.1 Å². The van der Waals surface area contributed by atoms with Crippen molar-refractivity contribution >= 4 is 34.8 Å². The van der Waals surface area contributed by atoms with E-state index < -0.39 is 11.7 Å². The van der Waals surface area contributed by atoms with Gasteiger partial charge in [0.15, 0.2) is 0 Å². The molecule has 0 radical (unpaired) electrons. The molecule has 0 saturated heterocycles. The van der Waals surface area contributed by atoms with Crippen LogP contribution in [-0.2, 0) is 10.2 Å². The van der Waals surface area contributed by atoms with Gasteiger partial charge in [0.1, 0.15) is 11.0 Å². The molecule has 5 nitrogen and oxygen atoms in total. The number of aromatic nitrogens is 1. The highest BCUT2D eigenvalue weighted by Crippen LogP contribution is 2.38. The molecular weight excluding hydrogens is 333 g/mol. The molecular formula is C17H15ClFN3O2. The summed E-state index contributed by atoms with van der Waals surface area (Å²) in [6, 6.07) is 6.28. The smallest absolute Gasteiger partial charge is 0.258 e. The van der Waals surface area contributed by atoms with Gasteiger partial charge in [-0.1, -0.05) is 31.5 Å². The molecule has 3 rings (SSSR count). The molecule has 0 unspecified atom stereocenters. The molecule has 0 atom stereocenters. The number of pyridine rings is 1. The third-order valence-corrected chi connectivity index (χ3v) is 4.23. The predicted octanol–water partition coefficient (Wildman–Crippen LogP) is 3.75. The van der Waals surface area contributed by atoms with Crippen molar-refractivity contribution in [1.29, 1.82) is 0 Å². The van der Waals surface area contributed by atoms with Gasteiger partial charge < -0.3 is 10.6 Å². The van der Waals surface area contributed by atoms with Crippen LogP contribution in [0.15, 0.2) is 30.5 Å². The summed E-state index contributed by atoms with van der Waals surface area (Å²) in [5.74, 6) is -1.30. The maximum Gasteiger partial charge on any atom is 0.258 e. The highest BCUT2D eigenvalue weighted by atomic mass is 35.5. The van der Waals surface area contributed by atoms with Crippen molar-refractivity contribution in [3.05, 3.63) is 52.6 Å². The number of carbonyl (C=O) groups is 2. The van der Waals surface area contributed by atoms with Crippen LogP contribution in [0.1, 0.15) is 36.2 Å². The Morgan fingerprint density at radius 2 is 2.12 bits per heavy atom. The Morgan fingerprint density at radius 1 is 1.38 bits per heavy atom. The zero-order valence-electron chi connectivity index (χ0n) is 13.1. The van der Waals surface area contributed by atoms with Gasteiger partial charge in [0.05, 0.1) is 11.8 Å². The van der Waals surface area contributed by atoms with Gasteiger partial charge in [-0.3, -0.25) is 9.59 Å². The molecule has 24 heavy (non-hydrogen) atoms. The maximum absolute atomic E-state index is 13.3. The Morgan fingerprint density at radius 3 is 2.88 bits per heavy atom. The molecule has 0 fully saturated rings. The number of rotatable bonds is 2. The minimum Gasteiger partial charge on any atom is -0.326 e. The van der Waals surface area contributed by atoms with Crippen molar-refractivity contribution < 1.29 is 14.0 Å². The van der Waals surface area contributed by atoms with Crippen LogP contribution in [0.3, 0.4) is 0 Å². The molecule has 0 saturated carbocycles. The van der Waals surface area contributed by atoms with Gasteiger partial charge in [0.2, 0.25) is 5.91 Å². The van der Waals surface area contributed by atoms with E-state index in [0.717, 1.165) is 17.8 Å². The molecule has 2 N–H and O–H groups in total. The van der Waals surface area contributed by atoms with Crippen molar-refractivity contribution in [1.82, 2.24) is 4.98 Å². The summed E-state index contributed by atoms with van der Waals surface area (Å²) in [6.45, 7) is 3.97. The first kappa shape index (κ1) is 16.4. The summed E-state index contributed by atoms with van der Waals surface area (Å²) >= 11 is 5.83. The molecule has 0 aliphatic carbocycles. The van der Waals surface area contributed by atoms with Gasteiger partial charge in [0.25, 0.3) is 5.91 Å². The Balaban J connectivity index is 1.89. The van der Waals surface area contributed by atoms with Crippen LogP contribution in [0.2, 0.25) is 5.15 Å². The Bertz CT molecular complexity index is 852. The quantitative estimate of drug-likeness (QED) is 0.813. The standard InChI is InChI=1S/C17H15ClFN3O2/c1-17(2)7-14(23)22-13-6-10(3-4-12(13)17)21-16(24)11-5-9(19)8-20-15(11)18/h3-6,8H,7H2,1-2H3,(H,21,24)(H,22,23). The van der Waals surface area contributed by atoms with Crippen LogP contribution in [0, 0.1) is 5.82 Å². The first-order valence-corrected chi connectivity index (χ1v) is 7.71. The lowest BCUT2D eigenvalue weighted by Gasteiger charge is -2.32. The minimum absolute atomic E-state index is 0.0567. The largest absolute Gasteiger partial charge is 0.326 e. The van der Waals surface area contributed by atoms with E-state index in [1.165, 1.54) is 0 Å². The Labute approximate surface area is 143 Å². The van der Waals surface area contributed by atoms with Crippen LogP contribution in [0.4, 0.5) is 15.8 Å². The molecule has 124 valence electrons. The van der Waals surface area contributed by atoms with Crippen molar-refractivity contribution in [2.75, 3.05) is 10.6 Å². The van der Waals surface area contributed by atoms with Gasteiger partial charge in [-0.25, -0.2) is 9.37 Å². The van der Waals surface area contributed by atoms with Crippen LogP contribution >= 0.6 is 11.6 Å². The Hall–Kier alpha value is -2.47. The fraction of sp³-hybridized carbons (Fsp3) is 0.235. The number of halogens is 2. The number of fused-ring (bicyclic) bond motifs is 1. The van der Waals surface area contributed by atoms with E-state index in [2.05, 4.69) is 15.6 Å².